The fourth-order valence-corrected chi connectivity index (χ4v) is 0.871. The van der Waals surface area contributed by atoms with Gasteiger partial charge in [-0.3, -0.25) is 0 Å². The van der Waals surface area contributed by atoms with Crippen molar-refractivity contribution in [3.8, 4) is 0 Å². The van der Waals surface area contributed by atoms with E-state index < -0.39 is 0 Å². The second-order valence-corrected chi connectivity index (χ2v) is 2.16. The Morgan fingerprint density at radius 1 is 1.60 bits per heavy atom. The van der Waals surface area contributed by atoms with Gasteiger partial charge in [0.15, 0.2) is 0 Å². The fraction of sp³-hybridized carbons (Fsp3) is 0.143. The van der Waals surface area contributed by atoms with Gasteiger partial charge in [-0.1, -0.05) is 0 Å². The molecular weight excluding hydrogens is 126 g/mol. The summed E-state index contributed by atoms with van der Waals surface area (Å²) in [4.78, 5) is 2.89. The Balaban J connectivity index is 3.10. The number of hydrogen-bond acceptors (Lipinski definition) is 2. The highest BCUT2D eigenvalue weighted by atomic mass is 14.8. The molecule has 0 aliphatic heterocycles. The molecule has 0 saturated carbocycles. The van der Waals surface area contributed by atoms with E-state index in [4.69, 9.17) is 11.5 Å². The zero-order chi connectivity index (χ0) is 7.56. The Bertz CT molecular complexity index is 228. The second-order valence-electron chi connectivity index (χ2n) is 2.16. The van der Waals surface area contributed by atoms with Crippen molar-refractivity contribution in [2.24, 2.45) is 5.73 Å². The zero-order valence-electron chi connectivity index (χ0n) is 5.89. The molecule has 0 aliphatic carbocycles. The number of aryl methyl sites for hydroxylation is 1. The van der Waals surface area contributed by atoms with E-state index in [-0.39, 0.29) is 0 Å². The molecule has 1 aromatic rings. The largest absolute Gasteiger partial charge is 0.405 e. The minimum absolute atomic E-state index is 0.666. The molecule has 0 amide bonds. The van der Waals surface area contributed by atoms with Crippen LogP contribution in [0.15, 0.2) is 12.4 Å². The quantitative estimate of drug-likeness (QED) is 0.536. The first-order chi connectivity index (χ1) is 4.75. The van der Waals surface area contributed by atoms with Crippen molar-refractivity contribution in [2.75, 3.05) is 5.73 Å². The summed E-state index contributed by atoms with van der Waals surface area (Å²) in [7, 11) is 0. The monoisotopic (exact) mass is 137 g/mol. The first-order valence-corrected chi connectivity index (χ1v) is 3.07. The molecule has 1 heterocycles. The molecule has 0 fully saturated rings. The number of anilines is 1. The van der Waals surface area contributed by atoms with Gasteiger partial charge in [-0.15, -0.1) is 0 Å². The molecule has 0 unspecified atom stereocenters. The second kappa shape index (κ2) is 2.47. The van der Waals surface area contributed by atoms with Crippen LogP contribution in [-0.2, 0) is 0 Å². The van der Waals surface area contributed by atoms with Crippen LogP contribution < -0.4 is 11.5 Å². The third kappa shape index (κ3) is 0.978. The Morgan fingerprint density at radius 3 is 2.70 bits per heavy atom. The van der Waals surface area contributed by atoms with E-state index in [2.05, 4.69) is 4.98 Å². The van der Waals surface area contributed by atoms with E-state index in [9.17, 15) is 0 Å². The molecule has 3 nitrogen and oxygen atoms in total. The Hall–Kier alpha value is -1.38. The molecule has 1 rings (SSSR count). The van der Waals surface area contributed by atoms with Crippen molar-refractivity contribution >= 4 is 11.9 Å². The van der Waals surface area contributed by atoms with Gasteiger partial charge in [-0.2, -0.15) is 0 Å². The highest BCUT2D eigenvalue weighted by Gasteiger charge is 1.98. The van der Waals surface area contributed by atoms with Crippen LogP contribution in [0, 0.1) is 6.92 Å². The van der Waals surface area contributed by atoms with Crippen LogP contribution in [0.25, 0.3) is 6.08 Å². The van der Waals surface area contributed by atoms with Crippen LogP contribution in [-0.4, -0.2) is 4.98 Å². The van der Waals surface area contributed by atoms with Gasteiger partial charge in [-0.05, 0) is 24.8 Å². The number of H-pyrrole nitrogens is 1. The summed E-state index contributed by atoms with van der Waals surface area (Å²) in [6, 6.07) is 0. The average molecular weight is 137 g/mol. The summed E-state index contributed by atoms with van der Waals surface area (Å²) in [6.07, 6.45) is 5.11. The summed E-state index contributed by atoms with van der Waals surface area (Å²) in [5, 5.41) is 0. The SMILES string of the molecule is Cc1c[nH]c(N)c1/C=C\N. The lowest BCUT2D eigenvalue weighted by Gasteiger charge is -1.90. The molecule has 0 spiro atoms. The highest BCUT2D eigenvalue weighted by molar-refractivity contribution is 5.64. The van der Waals surface area contributed by atoms with Gasteiger partial charge in [0.05, 0.1) is 0 Å². The van der Waals surface area contributed by atoms with E-state index in [1.807, 2.05) is 13.1 Å². The number of nitrogen functional groups attached to an aromatic ring is 1. The summed E-state index contributed by atoms with van der Waals surface area (Å²) >= 11 is 0. The van der Waals surface area contributed by atoms with Crippen LogP contribution in [0.3, 0.4) is 0 Å². The maximum Gasteiger partial charge on any atom is 0.108 e. The molecule has 54 valence electrons. The smallest absolute Gasteiger partial charge is 0.108 e. The van der Waals surface area contributed by atoms with Crippen molar-refractivity contribution in [3.05, 3.63) is 23.5 Å². The number of aromatic amines is 1. The molecule has 0 saturated heterocycles. The topological polar surface area (TPSA) is 67.8 Å². The molecule has 0 atom stereocenters. The first kappa shape index (κ1) is 6.74. The fourth-order valence-electron chi connectivity index (χ4n) is 0.871. The normalized spacial score (nSPS) is 10.9. The molecule has 0 bridgehead atoms. The van der Waals surface area contributed by atoms with Crippen molar-refractivity contribution in [1.82, 2.24) is 4.98 Å². The van der Waals surface area contributed by atoms with Gasteiger partial charge in [0.25, 0.3) is 0 Å². The molecule has 3 heteroatoms. The lowest BCUT2D eigenvalue weighted by molar-refractivity contribution is 1.39. The molecule has 0 aromatic carbocycles. The Labute approximate surface area is 59.7 Å². The summed E-state index contributed by atoms with van der Waals surface area (Å²) in [5.74, 6) is 0.666. The lowest BCUT2D eigenvalue weighted by atomic mass is 10.2. The molecule has 5 N–H and O–H groups in total. The number of hydrogen-bond donors (Lipinski definition) is 3. The third-order valence-electron chi connectivity index (χ3n) is 1.42. The van der Waals surface area contributed by atoms with E-state index in [1.165, 1.54) is 6.20 Å². The average Bonchev–Trinajstić information content (AvgIpc) is 2.20. The van der Waals surface area contributed by atoms with Gasteiger partial charge in [0.2, 0.25) is 0 Å². The zero-order valence-corrected chi connectivity index (χ0v) is 5.89. The summed E-state index contributed by atoms with van der Waals surface area (Å²) in [5.41, 5.74) is 12.9. The molecule has 10 heavy (non-hydrogen) atoms. The van der Waals surface area contributed by atoms with Crippen molar-refractivity contribution < 1.29 is 0 Å². The van der Waals surface area contributed by atoms with Crippen LogP contribution in [0.4, 0.5) is 5.82 Å². The van der Waals surface area contributed by atoms with Gasteiger partial charge >= 0.3 is 0 Å². The van der Waals surface area contributed by atoms with Crippen molar-refractivity contribution in [2.45, 2.75) is 6.92 Å². The van der Waals surface area contributed by atoms with Crippen LogP contribution in [0.5, 0.6) is 0 Å². The predicted molar refractivity (Wildman–Crippen MR) is 43.2 cm³/mol. The molecule has 0 radical (unpaired) electrons. The standard InChI is InChI=1S/C7H11N3/c1-5-4-10-7(9)6(5)2-3-8/h2-4,10H,8-9H2,1H3/b3-2-. The van der Waals surface area contributed by atoms with Crippen molar-refractivity contribution in [3.63, 3.8) is 0 Å². The number of aromatic nitrogens is 1. The first-order valence-electron chi connectivity index (χ1n) is 3.07. The van der Waals surface area contributed by atoms with Crippen LogP contribution >= 0.6 is 0 Å². The lowest BCUT2D eigenvalue weighted by Crippen LogP contribution is -1.87. The Morgan fingerprint density at radius 2 is 2.30 bits per heavy atom. The molecule has 0 aliphatic rings. The van der Waals surface area contributed by atoms with E-state index in [0.717, 1.165) is 11.1 Å². The van der Waals surface area contributed by atoms with E-state index in [0.29, 0.717) is 5.82 Å². The molecular formula is C7H11N3. The van der Waals surface area contributed by atoms with Crippen LogP contribution in [0.1, 0.15) is 11.1 Å². The van der Waals surface area contributed by atoms with Gasteiger partial charge in [0.1, 0.15) is 5.82 Å². The van der Waals surface area contributed by atoms with Gasteiger partial charge in [-0.25, -0.2) is 0 Å². The van der Waals surface area contributed by atoms with Crippen LogP contribution in [0.2, 0.25) is 0 Å². The highest BCUT2D eigenvalue weighted by Crippen LogP contribution is 2.15. The Kier molecular flexibility index (Phi) is 1.67. The maximum atomic E-state index is 5.57. The van der Waals surface area contributed by atoms with Crippen molar-refractivity contribution in [1.29, 1.82) is 0 Å². The molecule has 1 aromatic heterocycles. The maximum absolute atomic E-state index is 5.57. The minimum Gasteiger partial charge on any atom is -0.405 e. The third-order valence-corrected chi connectivity index (χ3v) is 1.42. The van der Waals surface area contributed by atoms with Gasteiger partial charge < -0.3 is 16.5 Å². The van der Waals surface area contributed by atoms with E-state index in [1.54, 1.807) is 6.08 Å². The minimum atomic E-state index is 0.666. The van der Waals surface area contributed by atoms with E-state index >= 15 is 0 Å². The number of nitrogens with one attached hydrogen (secondary N) is 1. The predicted octanol–water partition coefficient (Wildman–Crippen LogP) is 0.835. The summed E-state index contributed by atoms with van der Waals surface area (Å²) in [6.45, 7) is 1.97. The number of rotatable bonds is 1. The summed E-state index contributed by atoms with van der Waals surface area (Å²) < 4.78 is 0. The number of nitrogens with two attached hydrogens (primary N) is 2. The van der Waals surface area contributed by atoms with Gasteiger partial charge in [0, 0.05) is 11.8 Å².